The molecule has 9 heteroatoms. The average molecular weight is 525 g/mol. The van der Waals surface area contributed by atoms with Crippen LogP contribution in [0.2, 0.25) is 0 Å². The minimum atomic E-state index is -1.20. The van der Waals surface area contributed by atoms with Gasteiger partial charge in [-0.3, -0.25) is 9.80 Å². The monoisotopic (exact) mass is 524 g/mol. The molecule has 2 unspecified atom stereocenters. The van der Waals surface area contributed by atoms with Crippen LogP contribution < -0.4 is 118 Å². The topological polar surface area (TPSA) is 86.7 Å². The van der Waals surface area contributed by atoms with Crippen molar-refractivity contribution in [3.05, 3.63) is 102 Å². The van der Waals surface area contributed by atoms with E-state index in [1.54, 1.807) is 48.5 Å². The van der Waals surface area contributed by atoms with Crippen molar-refractivity contribution in [1.82, 2.24) is 9.80 Å². The van der Waals surface area contributed by atoms with Crippen molar-refractivity contribution in [2.24, 2.45) is 0 Å². The Morgan fingerprint density at radius 3 is 1.35 bits per heavy atom. The molecule has 0 saturated carbocycles. The van der Waals surface area contributed by atoms with Crippen LogP contribution in [-0.4, -0.2) is 41.0 Å². The summed E-state index contributed by atoms with van der Waals surface area (Å²) in [7, 11) is -0.871. The Balaban J connectivity index is 0.00000204. The van der Waals surface area contributed by atoms with E-state index in [2.05, 4.69) is 0 Å². The van der Waals surface area contributed by atoms with E-state index in [9.17, 15) is 19.8 Å². The van der Waals surface area contributed by atoms with E-state index in [1.807, 2.05) is 52.3 Å². The number of carbonyl (C=O) groups excluding carboxylic acids is 2. The molecule has 0 aromatic heterocycles. The van der Waals surface area contributed by atoms with Gasteiger partial charge in [0.1, 0.15) is 0 Å². The summed E-state index contributed by atoms with van der Waals surface area (Å²) < 4.78 is 0. The molecule has 6 nitrogen and oxygen atoms in total. The Labute approximate surface area is 286 Å². The van der Waals surface area contributed by atoms with Gasteiger partial charge in [0.25, 0.3) is 0 Å². The van der Waals surface area contributed by atoms with Crippen LogP contribution in [0.3, 0.4) is 0 Å². The number of hydrogen-bond donors (Lipinski definition) is 0. The molecule has 1 fully saturated rings. The standard InChI is InChI=1S/C25H25N2O4P.2K/c28-24(29)22(19-10-4-1-5-11-19)26-16-27(18-32(17-26)21-14-8-3-9-15-21)23(25(30)31)20-12-6-2-7-13-20;;/h1-15,22-23H,16-18H2,(H,28,29)(H,30,31);;/q;2*+1/p-2. The fraction of sp³-hybridized carbons (Fsp3) is 0.200. The van der Waals surface area contributed by atoms with Gasteiger partial charge in [-0.15, -0.1) is 0 Å². The number of benzene rings is 3. The number of nitrogens with zero attached hydrogens (tertiary/aromatic N) is 2. The Hall–Kier alpha value is 0.223. The molecule has 0 aliphatic carbocycles. The first kappa shape index (κ1) is 30.4. The van der Waals surface area contributed by atoms with Crippen LogP contribution in [0.5, 0.6) is 0 Å². The van der Waals surface area contributed by atoms with Gasteiger partial charge in [0.05, 0.1) is 30.7 Å². The molecule has 34 heavy (non-hydrogen) atoms. The van der Waals surface area contributed by atoms with Gasteiger partial charge in [-0.2, -0.15) is 0 Å². The Bertz CT molecular complexity index is 995. The molecule has 1 aliphatic heterocycles. The second kappa shape index (κ2) is 14.8. The van der Waals surface area contributed by atoms with E-state index in [0.717, 1.165) is 5.30 Å². The van der Waals surface area contributed by atoms with Crippen molar-refractivity contribution < 1.29 is 123 Å². The van der Waals surface area contributed by atoms with Gasteiger partial charge in [0.15, 0.2) is 0 Å². The first-order valence-electron chi connectivity index (χ1n) is 10.3. The van der Waals surface area contributed by atoms with Crippen LogP contribution >= 0.6 is 7.92 Å². The van der Waals surface area contributed by atoms with Crippen LogP contribution in [-0.2, 0) is 9.59 Å². The molecule has 164 valence electrons. The molecule has 4 rings (SSSR count). The van der Waals surface area contributed by atoms with E-state index < -0.39 is 31.9 Å². The third kappa shape index (κ3) is 7.62. The summed E-state index contributed by atoms with van der Waals surface area (Å²) in [6, 6.07) is 25.8. The average Bonchev–Trinajstić information content (AvgIpc) is 2.81. The number of hydrogen-bond acceptors (Lipinski definition) is 6. The van der Waals surface area contributed by atoms with Crippen molar-refractivity contribution in [3.63, 3.8) is 0 Å². The van der Waals surface area contributed by atoms with E-state index >= 15 is 0 Å². The minimum Gasteiger partial charge on any atom is -0.548 e. The smallest absolute Gasteiger partial charge is 0.548 e. The normalized spacial score (nSPS) is 18.1. The summed E-state index contributed by atoms with van der Waals surface area (Å²) in [5.74, 6) is -2.41. The maximum absolute atomic E-state index is 12.2. The maximum Gasteiger partial charge on any atom is 1.00 e. The van der Waals surface area contributed by atoms with Crippen molar-refractivity contribution in [3.8, 4) is 0 Å². The number of rotatable bonds is 7. The molecular weight excluding hydrogens is 501 g/mol. The molecule has 0 spiro atoms. The Morgan fingerprint density at radius 2 is 1.00 bits per heavy atom. The molecule has 1 saturated heterocycles. The van der Waals surface area contributed by atoms with Crippen LogP contribution in [0.15, 0.2) is 91.0 Å². The summed E-state index contributed by atoms with van der Waals surface area (Å²) in [5.41, 5.74) is 1.23. The predicted molar refractivity (Wildman–Crippen MR) is 120 cm³/mol. The van der Waals surface area contributed by atoms with Gasteiger partial charge in [-0.05, 0) is 24.4 Å². The second-order valence-corrected chi connectivity index (χ2v) is 9.90. The SMILES string of the molecule is O=C([O-])C(c1ccccc1)N1CN(C(C(=O)[O-])c2ccccc2)CP(c2ccccc2)C1.[K+].[K+]. The molecule has 3 aromatic rings. The van der Waals surface area contributed by atoms with Crippen molar-refractivity contribution in [2.45, 2.75) is 12.1 Å². The zero-order chi connectivity index (χ0) is 22.5. The first-order chi connectivity index (χ1) is 15.5. The number of carboxylic acid groups (broad SMARTS) is 2. The summed E-state index contributed by atoms with van der Waals surface area (Å²) in [6.45, 7) is 0.173. The third-order valence-electron chi connectivity index (χ3n) is 5.60. The van der Waals surface area contributed by atoms with Crippen molar-refractivity contribution >= 4 is 25.2 Å². The zero-order valence-electron chi connectivity index (χ0n) is 19.4. The molecule has 3 aromatic carbocycles. The zero-order valence-corrected chi connectivity index (χ0v) is 26.6. The molecule has 0 bridgehead atoms. The fourth-order valence-electron chi connectivity index (χ4n) is 4.20. The largest absolute Gasteiger partial charge is 1.00 e. The Morgan fingerprint density at radius 1 is 0.647 bits per heavy atom. The minimum absolute atomic E-state index is 0. The third-order valence-corrected chi connectivity index (χ3v) is 8.03. The number of carboxylic acids is 2. The van der Waals surface area contributed by atoms with E-state index in [1.165, 1.54) is 0 Å². The van der Waals surface area contributed by atoms with E-state index in [0.29, 0.717) is 23.7 Å². The van der Waals surface area contributed by atoms with Crippen molar-refractivity contribution in [1.29, 1.82) is 0 Å². The molecule has 0 amide bonds. The van der Waals surface area contributed by atoms with Gasteiger partial charge in [0.2, 0.25) is 0 Å². The Kier molecular flexibility index (Phi) is 13.3. The molecule has 1 aliphatic rings. The summed E-state index contributed by atoms with van der Waals surface area (Å²) >= 11 is 0. The number of aliphatic carboxylic acids is 2. The van der Waals surface area contributed by atoms with Gasteiger partial charge < -0.3 is 19.8 Å². The summed E-state index contributed by atoms with van der Waals surface area (Å²) in [6.07, 6.45) is 1.05. The molecule has 0 radical (unpaired) electrons. The van der Waals surface area contributed by atoms with E-state index in [4.69, 9.17) is 0 Å². The van der Waals surface area contributed by atoms with Gasteiger partial charge in [0, 0.05) is 12.6 Å². The van der Waals surface area contributed by atoms with Crippen LogP contribution in [0.25, 0.3) is 0 Å². The number of carbonyl (C=O) groups is 2. The summed E-state index contributed by atoms with van der Waals surface area (Å²) in [4.78, 5) is 28.1. The van der Waals surface area contributed by atoms with Gasteiger partial charge >= 0.3 is 103 Å². The fourth-order valence-corrected chi connectivity index (χ4v) is 6.59. The molecule has 0 N–H and O–H groups in total. The van der Waals surface area contributed by atoms with Crippen LogP contribution in [0.4, 0.5) is 0 Å². The van der Waals surface area contributed by atoms with Crippen LogP contribution in [0, 0.1) is 0 Å². The molecular formula is C25H23K2N2O4P. The summed E-state index contributed by atoms with van der Waals surface area (Å²) in [5, 5.41) is 25.6. The quantitative estimate of drug-likeness (QED) is 0.228. The second-order valence-electron chi connectivity index (χ2n) is 7.74. The molecule has 1 heterocycles. The first-order valence-corrected chi connectivity index (χ1v) is 12.1. The van der Waals surface area contributed by atoms with Gasteiger partial charge in [-0.25, -0.2) is 0 Å². The predicted octanol–water partition coefficient (Wildman–Crippen LogP) is -4.73. The van der Waals surface area contributed by atoms with Crippen LogP contribution in [0.1, 0.15) is 23.2 Å². The van der Waals surface area contributed by atoms with E-state index in [-0.39, 0.29) is 109 Å². The maximum atomic E-state index is 12.2. The van der Waals surface area contributed by atoms with Crippen molar-refractivity contribution in [2.75, 3.05) is 19.2 Å². The van der Waals surface area contributed by atoms with Gasteiger partial charge in [-0.1, -0.05) is 91.0 Å². The molecule has 2 atom stereocenters.